The molecular formula is C24H32N2O4. The first-order valence-electron chi connectivity index (χ1n) is 11.4. The molecule has 6 nitrogen and oxygen atoms in total. The number of hydrogen-bond acceptors (Lipinski definition) is 4. The molecule has 0 N–H and O–H groups in total. The molecule has 1 aromatic rings. The quantitative estimate of drug-likeness (QED) is 0.692. The van der Waals surface area contributed by atoms with E-state index in [-0.39, 0.29) is 48.6 Å². The van der Waals surface area contributed by atoms with Crippen LogP contribution in [-0.2, 0) is 14.4 Å². The molecule has 2 saturated heterocycles. The predicted octanol–water partition coefficient (Wildman–Crippen LogP) is 3.70. The van der Waals surface area contributed by atoms with Crippen LogP contribution in [0, 0.1) is 11.8 Å². The summed E-state index contributed by atoms with van der Waals surface area (Å²) in [5.74, 6) is 0.435. The maximum Gasteiger partial charge on any atom is 0.233 e. The second-order valence-corrected chi connectivity index (χ2v) is 8.80. The molecule has 4 rings (SSSR count). The van der Waals surface area contributed by atoms with Crippen molar-refractivity contribution in [3.63, 3.8) is 0 Å². The summed E-state index contributed by atoms with van der Waals surface area (Å²) < 4.78 is 5.26. The van der Waals surface area contributed by atoms with Crippen LogP contribution in [0.15, 0.2) is 24.3 Å². The Balaban J connectivity index is 1.43. The number of likely N-dealkylation sites (tertiary alicyclic amines) is 2. The van der Waals surface area contributed by atoms with E-state index < -0.39 is 0 Å². The predicted molar refractivity (Wildman–Crippen MR) is 113 cm³/mol. The Kier molecular flexibility index (Phi) is 6.40. The molecule has 2 aliphatic heterocycles. The topological polar surface area (TPSA) is 66.9 Å². The highest BCUT2D eigenvalue weighted by Crippen LogP contribution is 2.38. The van der Waals surface area contributed by atoms with E-state index in [4.69, 9.17) is 4.74 Å². The zero-order valence-electron chi connectivity index (χ0n) is 17.8. The van der Waals surface area contributed by atoms with Crippen LogP contribution in [-0.4, -0.2) is 47.7 Å². The summed E-state index contributed by atoms with van der Waals surface area (Å²) in [6.07, 6.45) is 8.00. The van der Waals surface area contributed by atoms with Gasteiger partial charge in [0.1, 0.15) is 5.75 Å². The standard InChI is InChI=1S/C24H32N2O4/c1-30-18-12-10-17(11-13-18)21-9-3-2-6-15-25(21)22(27)14-16-26-23(28)19-7-4-5-8-20(19)24(26)29/h10-13,19-21H,2-9,14-16H2,1H3/t19-,20-,21+/m1/s1. The molecule has 0 unspecified atom stereocenters. The van der Waals surface area contributed by atoms with E-state index in [1.165, 1.54) is 4.90 Å². The van der Waals surface area contributed by atoms with E-state index >= 15 is 0 Å². The van der Waals surface area contributed by atoms with Crippen molar-refractivity contribution in [3.8, 4) is 5.75 Å². The van der Waals surface area contributed by atoms with Gasteiger partial charge in [0, 0.05) is 19.5 Å². The van der Waals surface area contributed by atoms with Crippen LogP contribution in [0.4, 0.5) is 0 Å². The van der Waals surface area contributed by atoms with E-state index in [1.54, 1.807) is 7.11 Å². The average molecular weight is 413 g/mol. The van der Waals surface area contributed by atoms with Crippen molar-refractivity contribution in [1.82, 2.24) is 9.80 Å². The minimum atomic E-state index is -0.147. The van der Waals surface area contributed by atoms with Gasteiger partial charge in [0.2, 0.25) is 17.7 Å². The fraction of sp³-hybridized carbons (Fsp3) is 0.625. The second-order valence-electron chi connectivity index (χ2n) is 8.80. The van der Waals surface area contributed by atoms with Crippen LogP contribution in [0.2, 0.25) is 0 Å². The van der Waals surface area contributed by atoms with Gasteiger partial charge in [-0.25, -0.2) is 0 Å². The number of carbonyl (C=O) groups is 3. The van der Waals surface area contributed by atoms with Crippen LogP contribution in [0.25, 0.3) is 0 Å². The maximum atomic E-state index is 13.2. The molecule has 3 atom stereocenters. The SMILES string of the molecule is COc1ccc([C@@H]2CCCCCN2C(=O)CCN2C(=O)[C@@H]3CCCC[C@H]3C2=O)cc1. The highest BCUT2D eigenvalue weighted by molar-refractivity contribution is 6.05. The lowest BCUT2D eigenvalue weighted by atomic mass is 9.81. The number of amides is 3. The van der Waals surface area contributed by atoms with Crippen LogP contribution in [0.3, 0.4) is 0 Å². The number of rotatable bonds is 5. The third kappa shape index (κ3) is 4.09. The molecule has 3 aliphatic rings. The minimum absolute atomic E-state index is 0.0354. The lowest BCUT2D eigenvalue weighted by Crippen LogP contribution is -2.39. The summed E-state index contributed by atoms with van der Waals surface area (Å²) in [4.78, 5) is 42.0. The van der Waals surface area contributed by atoms with Gasteiger partial charge in [0.05, 0.1) is 25.0 Å². The second kappa shape index (κ2) is 9.19. The van der Waals surface area contributed by atoms with E-state index in [0.29, 0.717) is 0 Å². The molecule has 0 bridgehead atoms. The average Bonchev–Trinajstić information content (AvgIpc) is 2.94. The van der Waals surface area contributed by atoms with Gasteiger partial charge in [0.15, 0.2) is 0 Å². The van der Waals surface area contributed by atoms with Crippen LogP contribution in [0.1, 0.15) is 69.4 Å². The molecule has 30 heavy (non-hydrogen) atoms. The molecule has 0 spiro atoms. The Morgan fingerprint density at radius 2 is 1.57 bits per heavy atom. The molecule has 1 saturated carbocycles. The molecule has 3 amide bonds. The van der Waals surface area contributed by atoms with Crippen molar-refractivity contribution in [1.29, 1.82) is 0 Å². The summed E-state index contributed by atoms with van der Waals surface area (Å²) in [6.45, 7) is 0.942. The summed E-state index contributed by atoms with van der Waals surface area (Å²) in [5, 5.41) is 0. The smallest absolute Gasteiger partial charge is 0.233 e. The Morgan fingerprint density at radius 1 is 0.933 bits per heavy atom. The van der Waals surface area contributed by atoms with Gasteiger partial charge in [-0.05, 0) is 43.4 Å². The number of imide groups is 1. The van der Waals surface area contributed by atoms with Crippen molar-refractivity contribution in [2.75, 3.05) is 20.2 Å². The number of carbonyl (C=O) groups excluding carboxylic acids is 3. The minimum Gasteiger partial charge on any atom is -0.497 e. The van der Waals surface area contributed by atoms with Gasteiger partial charge < -0.3 is 9.64 Å². The zero-order chi connectivity index (χ0) is 21.1. The van der Waals surface area contributed by atoms with Gasteiger partial charge in [-0.2, -0.15) is 0 Å². The Hall–Kier alpha value is -2.37. The van der Waals surface area contributed by atoms with E-state index in [9.17, 15) is 14.4 Å². The van der Waals surface area contributed by atoms with Crippen molar-refractivity contribution < 1.29 is 19.1 Å². The Labute approximate surface area is 178 Å². The van der Waals surface area contributed by atoms with E-state index in [2.05, 4.69) is 0 Å². The number of fused-ring (bicyclic) bond motifs is 1. The van der Waals surface area contributed by atoms with Crippen LogP contribution in [0.5, 0.6) is 5.75 Å². The monoisotopic (exact) mass is 412 g/mol. The van der Waals surface area contributed by atoms with Crippen LogP contribution < -0.4 is 4.74 Å². The molecule has 162 valence electrons. The first-order valence-corrected chi connectivity index (χ1v) is 11.4. The number of ether oxygens (including phenoxy) is 1. The summed E-state index contributed by atoms with van der Waals surface area (Å²) in [7, 11) is 1.65. The number of benzene rings is 1. The van der Waals surface area contributed by atoms with Crippen LogP contribution >= 0.6 is 0 Å². The number of nitrogens with zero attached hydrogens (tertiary/aromatic N) is 2. The largest absolute Gasteiger partial charge is 0.497 e. The van der Waals surface area contributed by atoms with Gasteiger partial charge in [0.25, 0.3) is 0 Å². The summed E-state index contributed by atoms with van der Waals surface area (Å²) in [5.41, 5.74) is 1.12. The van der Waals surface area contributed by atoms with Crippen molar-refractivity contribution in [2.24, 2.45) is 11.8 Å². The Morgan fingerprint density at radius 3 is 2.20 bits per heavy atom. The molecule has 0 aromatic heterocycles. The first-order chi connectivity index (χ1) is 14.6. The summed E-state index contributed by atoms with van der Waals surface area (Å²) >= 11 is 0. The maximum absolute atomic E-state index is 13.2. The lowest BCUT2D eigenvalue weighted by molar-refractivity contribution is -0.141. The molecule has 1 aliphatic carbocycles. The highest BCUT2D eigenvalue weighted by atomic mass is 16.5. The third-order valence-electron chi connectivity index (χ3n) is 7.06. The van der Waals surface area contributed by atoms with E-state index in [1.807, 2.05) is 29.2 Å². The molecule has 2 heterocycles. The van der Waals surface area contributed by atoms with Gasteiger partial charge in [-0.1, -0.05) is 37.8 Å². The molecule has 3 fully saturated rings. The third-order valence-corrected chi connectivity index (χ3v) is 7.06. The molecule has 0 radical (unpaired) electrons. The fourth-order valence-corrected chi connectivity index (χ4v) is 5.38. The molecular weight excluding hydrogens is 380 g/mol. The lowest BCUT2D eigenvalue weighted by Gasteiger charge is -2.31. The fourth-order valence-electron chi connectivity index (χ4n) is 5.38. The summed E-state index contributed by atoms with van der Waals surface area (Å²) in [6, 6.07) is 7.98. The Bertz CT molecular complexity index is 767. The van der Waals surface area contributed by atoms with Crippen molar-refractivity contribution in [3.05, 3.63) is 29.8 Å². The van der Waals surface area contributed by atoms with Crippen molar-refractivity contribution in [2.45, 2.75) is 63.8 Å². The number of hydrogen-bond donors (Lipinski definition) is 0. The molecule has 1 aromatic carbocycles. The van der Waals surface area contributed by atoms with E-state index in [0.717, 1.165) is 69.2 Å². The van der Waals surface area contributed by atoms with Gasteiger partial charge in [-0.15, -0.1) is 0 Å². The van der Waals surface area contributed by atoms with Gasteiger partial charge >= 0.3 is 0 Å². The highest BCUT2D eigenvalue weighted by Gasteiger charge is 2.48. The normalized spacial score (nSPS) is 27.0. The number of methoxy groups -OCH3 is 1. The van der Waals surface area contributed by atoms with Crippen molar-refractivity contribution >= 4 is 17.7 Å². The zero-order valence-corrected chi connectivity index (χ0v) is 17.8. The van der Waals surface area contributed by atoms with Gasteiger partial charge in [-0.3, -0.25) is 19.3 Å². The molecule has 6 heteroatoms. The first kappa shape index (κ1) is 20.9.